The van der Waals surface area contributed by atoms with Crippen LogP contribution < -0.4 is 16.2 Å². The summed E-state index contributed by atoms with van der Waals surface area (Å²) in [5.74, 6) is -0.00922. The lowest BCUT2D eigenvalue weighted by Gasteiger charge is -2.33. The molecule has 0 saturated carbocycles. The molecule has 3 heterocycles. The van der Waals surface area contributed by atoms with E-state index in [0.717, 1.165) is 11.8 Å². The first-order valence-corrected chi connectivity index (χ1v) is 10.4. The minimum atomic E-state index is -4.63. The zero-order valence-corrected chi connectivity index (χ0v) is 17.0. The van der Waals surface area contributed by atoms with Crippen LogP contribution in [-0.2, 0) is 12.7 Å². The molecule has 0 amide bonds. The van der Waals surface area contributed by atoms with Crippen molar-refractivity contribution < 1.29 is 18.3 Å². The smallest absolute Gasteiger partial charge is 0.419 e. The second-order valence-electron chi connectivity index (χ2n) is 7.43. The molecule has 1 aromatic carbocycles. The number of nitrogens with two attached hydrogens (primary N) is 1. The van der Waals surface area contributed by atoms with Gasteiger partial charge in [0.05, 0.1) is 23.7 Å². The normalized spacial score (nSPS) is 17.1. The standard InChI is InChI=1S/C20H18F3N5O2S/c21-20(22,23)15-10-31-17-16(15)26-19(27-5-1-2-13(25)9-27)28(18(17)30)8-11-3-4-14(29)6-12(11)7-24/h3-4,6,10,13,29H,1-2,5,8-9,25H2. The number of rotatable bonds is 3. The summed E-state index contributed by atoms with van der Waals surface area (Å²) in [6, 6.07) is 5.94. The summed E-state index contributed by atoms with van der Waals surface area (Å²) < 4.78 is 41.6. The third kappa shape index (κ3) is 3.96. The van der Waals surface area contributed by atoms with E-state index >= 15 is 0 Å². The Morgan fingerprint density at radius 2 is 2.16 bits per heavy atom. The van der Waals surface area contributed by atoms with E-state index in [-0.39, 0.29) is 40.1 Å². The fourth-order valence-electron chi connectivity index (χ4n) is 3.74. The molecule has 162 valence electrons. The third-order valence-corrected chi connectivity index (χ3v) is 6.20. The summed E-state index contributed by atoms with van der Waals surface area (Å²) in [5, 5.41) is 19.9. The van der Waals surface area contributed by atoms with Crippen molar-refractivity contribution in [2.24, 2.45) is 5.73 Å². The summed E-state index contributed by atoms with van der Waals surface area (Å²) in [6.45, 7) is 0.771. The van der Waals surface area contributed by atoms with Gasteiger partial charge in [-0.15, -0.1) is 11.3 Å². The highest BCUT2D eigenvalue weighted by Crippen LogP contribution is 2.37. The lowest BCUT2D eigenvalue weighted by Crippen LogP contribution is -2.45. The number of nitriles is 1. The Morgan fingerprint density at radius 3 is 2.84 bits per heavy atom. The third-order valence-electron chi connectivity index (χ3n) is 5.25. The van der Waals surface area contributed by atoms with Crippen LogP contribution in [0.1, 0.15) is 29.5 Å². The molecule has 1 aliphatic heterocycles. The van der Waals surface area contributed by atoms with Crippen molar-refractivity contribution in [1.29, 1.82) is 5.26 Å². The minimum absolute atomic E-state index is 0.0781. The lowest BCUT2D eigenvalue weighted by atomic mass is 10.1. The molecular formula is C20H18F3N5O2S. The first-order chi connectivity index (χ1) is 14.7. The van der Waals surface area contributed by atoms with Gasteiger partial charge in [-0.05, 0) is 30.5 Å². The average Bonchev–Trinajstić information content (AvgIpc) is 3.15. The Bertz CT molecular complexity index is 1240. The molecule has 1 saturated heterocycles. The second kappa shape index (κ2) is 7.86. The second-order valence-corrected chi connectivity index (χ2v) is 8.31. The van der Waals surface area contributed by atoms with Crippen LogP contribution in [0.15, 0.2) is 28.4 Å². The highest BCUT2D eigenvalue weighted by molar-refractivity contribution is 7.17. The zero-order chi connectivity index (χ0) is 22.3. The Hall–Kier alpha value is -3.10. The zero-order valence-electron chi connectivity index (χ0n) is 16.2. The molecule has 1 aliphatic rings. The van der Waals surface area contributed by atoms with E-state index in [9.17, 15) is 28.3 Å². The number of halogens is 3. The van der Waals surface area contributed by atoms with Crippen LogP contribution in [0.5, 0.6) is 5.75 Å². The van der Waals surface area contributed by atoms with Gasteiger partial charge in [0, 0.05) is 24.5 Å². The molecule has 1 fully saturated rings. The van der Waals surface area contributed by atoms with Gasteiger partial charge in [-0.1, -0.05) is 6.07 Å². The molecule has 31 heavy (non-hydrogen) atoms. The number of hydrogen-bond donors (Lipinski definition) is 2. The van der Waals surface area contributed by atoms with Crippen molar-refractivity contribution in [3.8, 4) is 11.8 Å². The fraction of sp³-hybridized carbons (Fsp3) is 0.350. The quantitative estimate of drug-likeness (QED) is 0.636. The van der Waals surface area contributed by atoms with E-state index in [2.05, 4.69) is 4.98 Å². The number of thiophene rings is 1. The van der Waals surface area contributed by atoms with Crippen molar-refractivity contribution in [2.45, 2.75) is 31.6 Å². The van der Waals surface area contributed by atoms with E-state index in [1.165, 1.54) is 22.8 Å². The van der Waals surface area contributed by atoms with Gasteiger partial charge in [-0.2, -0.15) is 18.4 Å². The van der Waals surface area contributed by atoms with E-state index in [1.807, 2.05) is 6.07 Å². The number of hydrogen-bond acceptors (Lipinski definition) is 7. The van der Waals surface area contributed by atoms with Crippen LogP contribution in [0.3, 0.4) is 0 Å². The van der Waals surface area contributed by atoms with Crippen molar-refractivity contribution in [3.05, 3.63) is 50.6 Å². The summed E-state index contributed by atoms with van der Waals surface area (Å²) in [7, 11) is 0. The first-order valence-electron chi connectivity index (χ1n) is 9.50. The number of aromatic nitrogens is 2. The van der Waals surface area contributed by atoms with Gasteiger partial charge in [0.25, 0.3) is 5.56 Å². The van der Waals surface area contributed by atoms with Crippen molar-refractivity contribution in [3.63, 3.8) is 0 Å². The maximum Gasteiger partial charge on any atom is 0.419 e. The molecule has 1 atom stereocenters. The van der Waals surface area contributed by atoms with Crippen LogP contribution in [0, 0.1) is 11.3 Å². The Kier molecular flexibility index (Phi) is 5.36. The number of phenols is 1. The molecule has 0 bridgehead atoms. The van der Waals surface area contributed by atoms with Crippen molar-refractivity contribution in [1.82, 2.24) is 9.55 Å². The fourth-order valence-corrected chi connectivity index (χ4v) is 4.70. The summed E-state index contributed by atoms with van der Waals surface area (Å²) >= 11 is 0.696. The Labute approximate surface area is 178 Å². The van der Waals surface area contributed by atoms with Gasteiger partial charge in [-0.3, -0.25) is 9.36 Å². The Balaban J connectivity index is 1.93. The van der Waals surface area contributed by atoms with Crippen LogP contribution in [-0.4, -0.2) is 33.8 Å². The van der Waals surface area contributed by atoms with E-state index in [0.29, 0.717) is 36.4 Å². The Morgan fingerprint density at radius 1 is 1.39 bits per heavy atom. The molecule has 2 aromatic heterocycles. The van der Waals surface area contributed by atoms with Gasteiger partial charge in [0.15, 0.2) is 0 Å². The van der Waals surface area contributed by atoms with Gasteiger partial charge < -0.3 is 15.7 Å². The lowest BCUT2D eigenvalue weighted by molar-refractivity contribution is -0.136. The topological polar surface area (TPSA) is 108 Å². The van der Waals surface area contributed by atoms with Gasteiger partial charge >= 0.3 is 6.18 Å². The van der Waals surface area contributed by atoms with Crippen molar-refractivity contribution in [2.75, 3.05) is 18.0 Å². The number of aromatic hydroxyl groups is 1. The van der Waals surface area contributed by atoms with Crippen LogP contribution in [0.25, 0.3) is 10.2 Å². The molecule has 3 aromatic rings. The number of benzene rings is 1. The van der Waals surface area contributed by atoms with Gasteiger partial charge in [-0.25, -0.2) is 4.98 Å². The number of nitrogens with zero attached hydrogens (tertiary/aromatic N) is 4. The van der Waals surface area contributed by atoms with E-state index in [4.69, 9.17) is 5.73 Å². The van der Waals surface area contributed by atoms with E-state index in [1.54, 1.807) is 4.90 Å². The summed E-state index contributed by atoms with van der Waals surface area (Å²) in [5.41, 5.74) is 4.72. The predicted molar refractivity (Wildman–Crippen MR) is 110 cm³/mol. The largest absolute Gasteiger partial charge is 0.508 e. The number of alkyl halides is 3. The molecule has 1 unspecified atom stereocenters. The molecule has 0 radical (unpaired) electrons. The number of piperidine rings is 1. The number of phenolic OH excluding ortho intramolecular Hbond substituents is 1. The number of fused-ring (bicyclic) bond motifs is 1. The molecular weight excluding hydrogens is 431 g/mol. The van der Waals surface area contributed by atoms with Crippen LogP contribution in [0.2, 0.25) is 0 Å². The average molecular weight is 449 g/mol. The summed E-state index contributed by atoms with van der Waals surface area (Å²) in [6.07, 6.45) is -3.15. The highest BCUT2D eigenvalue weighted by atomic mass is 32.1. The van der Waals surface area contributed by atoms with Crippen molar-refractivity contribution >= 4 is 27.5 Å². The SMILES string of the molecule is N#Cc1cc(O)ccc1Cn1c(N2CCCC(N)C2)nc2c(C(F)(F)F)csc2c1=O. The molecule has 7 nitrogen and oxygen atoms in total. The predicted octanol–water partition coefficient (Wildman–Crippen LogP) is 3.03. The van der Waals surface area contributed by atoms with Crippen LogP contribution in [0.4, 0.5) is 19.1 Å². The molecule has 3 N–H and O–H groups in total. The molecule has 11 heteroatoms. The van der Waals surface area contributed by atoms with Gasteiger partial charge in [0.2, 0.25) is 5.95 Å². The van der Waals surface area contributed by atoms with E-state index < -0.39 is 17.3 Å². The molecule has 0 aliphatic carbocycles. The monoisotopic (exact) mass is 449 g/mol. The molecule has 4 rings (SSSR count). The highest BCUT2D eigenvalue weighted by Gasteiger charge is 2.36. The molecule has 0 spiro atoms. The first kappa shape index (κ1) is 21.1. The summed E-state index contributed by atoms with van der Waals surface area (Å²) in [4.78, 5) is 19.3. The maximum atomic E-state index is 13.5. The number of anilines is 1. The van der Waals surface area contributed by atoms with Crippen LogP contribution >= 0.6 is 11.3 Å². The minimum Gasteiger partial charge on any atom is -0.508 e. The van der Waals surface area contributed by atoms with Gasteiger partial charge in [0.1, 0.15) is 16.0 Å². The maximum absolute atomic E-state index is 13.5.